The maximum Gasteiger partial charge on any atom is 0.448 e. The van der Waals surface area contributed by atoms with Crippen molar-refractivity contribution in [2.45, 2.75) is 6.18 Å². The SMILES string of the molecule is FC(F)(F)C=[N+]=[C-]c1ccccc1. The lowest BCUT2D eigenvalue weighted by Gasteiger charge is -1.89. The summed E-state index contributed by atoms with van der Waals surface area (Å²) < 4.78 is 37.7. The fraction of sp³-hybridized carbons (Fsp3) is 0.111. The van der Waals surface area contributed by atoms with Gasteiger partial charge in [-0.1, -0.05) is 11.6 Å². The third-order valence-corrected chi connectivity index (χ3v) is 1.18. The summed E-state index contributed by atoms with van der Waals surface area (Å²) in [7, 11) is 0. The molecule has 0 fully saturated rings. The Morgan fingerprint density at radius 2 is 1.77 bits per heavy atom. The van der Waals surface area contributed by atoms with Gasteiger partial charge in [-0.2, -0.15) is 17.8 Å². The lowest BCUT2D eigenvalue weighted by atomic mass is 10.2. The molecule has 0 bridgehead atoms. The van der Waals surface area contributed by atoms with Crippen LogP contribution < -0.4 is 4.67 Å². The molecule has 0 aliphatic carbocycles. The van der Waals surface area contributed by atoms with Crippen molar-refractivity contribution in [2.75, 3.05) is 0 Å². The van der Waals surface area contributed by atoms with Crippen LogP contribution in [0.25, 0.3) is 0 Å². The van der Waals surface area contributed by atoms with E-state index in [2.05, 4.69) is 10.9 Å². The normalized spacial score (nSPS) is 10.4. The summed E-state index contributed by atoms with van der Waals surface area (Å²) in [6, 6.07) is 8.40. The first kappa shape index (κ1) is 9.55. The second-order valence-corrected chi connectivity index (χ2v) is 2.28. The van der Waals surface area contributed by atoms with Crippen LogP contribution in [0.3, 0.4) is 0 Å². The number of rotatable bonds is 1. The third kappa shape index (κ3) is 4.13. The van der Waals surface area contributed by atoms with Crippen molar-refractivity contribution in [1.82, 2.24) is 4.67 Å². The highest BCUT2D eigenvalue weighted by molar-refractivity contribution is 5.82. The molecule has 0 N–H and O–H groups in total. The van der Waals surface area contributed by atoms with E-state index in [1.807, 2.05) is 0 Å². The molecule has 0 aliphatic rings. The smallest absolute Gasteiger partial charge is 0.182 e. The largest absolute Gasteiger partial charge is 0.448 e. The van der Waals surface area contributed by atoms with E-state index in [9.17, 15) is 13.2 Å². The first-order valence-corrected chi connectivity index (χ1v) is 3.50. The van der Waals surface area contributed by atoms with Gasteiger partial charge in [0.2, 0.25) is 0 Å². The Balaban J connectivity index is 2.75. The monoisotopic (exact) mass is 185 g/mol. The average molecular weight is 185 g/mol. The molecular formula is C9H6F3N. The minimum atomic E-state index is -4.37. The zero-order chi connectivity index (χ0) is 9.73. The summed E-state index contributed by atoms with van der Waals surface area (Å²) in [4.78, 5) is 0. The van der Waals surface area contributed by atoms with Crippen molar-refractivity contribution in [3.05, 3.63) is 35.9 Å². The first-order valence-electron chi connectivity index (χ1n) is 3.50. The Kier molecular flexibility index (Phi) is 2.88. The maximum absolute atomic E-state index is 11.6. The van der Waals surface area contributed by atoms with Gasteiger partial charge in [0, 0.05) is 0 Å². The summed E-state index contributed by atoms with van der Waals surface area (Å²) in [6.45, 7) is 0. The molecule has 0 unspecified atom stereocenters. The number of hydrogen-bond acceptors (Lipinski definition) is 0. The number of hydrogen-bond donors (Lipinski definition) is 0. The molecule has 0 heterocycles. The number of alkyl halides is 3. The van der Waals surface area contributed by atoms with E-state index in [1.165, 1.54) is 0 Å². The van der Waals surface area contributed by atoms with Crippen molar-refractivity contribution in [1.29, 1.82) is 0 Å². The molecule has 0 radical (unpaired) electrons. The van der Waals surface area contributed by atoms with Gasteiger partial charge in [-0.25, -0.2) is 0 Å². The second-order valence-electron chi connectivity index (χ2n) is 2.28. The van der Waals surface area contributed by atoms with Crippen LogP contribution in [0.2, 0.25) is 0 Å². The minimum absolute atomic E-state index is 0.0972. The van der Waals surface area contributed by atoms with E-state index in [0.29, 0.717) is 5.56 Å². The molecule has 0 saturated carbocycles. The van der Waals surface area contributed by atoms with Crippen LogP contribution in [0.5, 0.6) is 0 Å². The minimum Gasteiger partial charge on any atom is -0.182 e. The Labute approximate surface area is 73.3 Å². The molecule has 4 heteroatoms. The van der Waals surface area contributed by atoms with E-state index in [1.54, 1.807) is 30.3 Å². The van der Waals surface area contributed by atoms with E-state index < -0.39 is 6.18 Å². The Hall–Kier alpha value is -1.54. The predicted octanol–water partition coefficient (Wildman–Crippen LogP) is 1.68. The van der Waals surface area contributed by atoms with Crippen LogP contribution in [0.15, 0.2) is 30.3 Å². The van der Waals surface area contributed by atoms with E-state index in [-0.39, 0.29) is 6.21 Å². The standard InChI is InChI=1S/C9H6F3N/c10-9(11,12)7-13-6-8-4-2-1-3-5-8/h1-5,7H. The highest BCUT2D eigenvalue weighted by Crippen LogP contribution is 2.08. The topological polar surface area (TPSA) is 14.1 Å². The van der Waals surface area contributed by atoms with Crippen LogP contribution in [-0.4, -0.2) is 18.6 Å². The van der Waals surface area contributed by atoms with Gasteiger partial charge in [0.25, 0.3) is 12.4 Å². The molecule has 68 valence electrons. The van der Waals surface area contributed by atoms with Crippen molar-refractivity contribution < 1.29 is 13.2 Å². The second kappa shape index (κ2) is 3.92. The van der Waals surface area contributed by atoms with Crippen molar-refractivity contribution >= 4 is 12.4 Å². The zero-order valence-electron chi connectivity index (χ0n) is 6.55. The van der Waals surface area contributed by atoms with E-state index >= 15 is 0 Å². The van der Waals surface area contributed by atoms with Crippen LogP contribution in [0.1, 0.15) is 5.56 Å². The van der Waals surface area contributed by atoms with E-state index in [0.717, 1.165) is 0 Å². The Bertz CT molecular complexity index is 320. The summed E-state index contributed by atoms with van der Waals surface area (Å²) >= 11 is 0. The molecule has 1 nitrogen and oxygen atoms in total. The summed E-state index contributed by atoms with van der Waals surface area (Å²) in [5, 5.41) is 0. The molecule has 1 aromatic rings. The predicted molar refractivity (Wildman–Crippen MR) is 44.8 cm³/mol. The molecule has 0 spiro atoms. The lowest BCUT2D eigenvalue weighted by molar-refractivity contribution is -0.0537. The average Bonchev–Trinajstić information content (AvgIpc) is 2.04. The molecule has 13 heavy (non-hydrogen) atoms. The number of nitrogens with zero attached hydrogens (tertiary/aromatic N) is 1. The molecule has 0 aliphatic heterocycles. The molecular weight excluding hydrogens is 179 g/mol. The molecule has 1 aromatic carbocycles. The van der Waals surface area contributed by atoms with Crippen molar-refractivity contribution in [2.24, 2.45) is 0 Å². The van der Waals surface area contributed by atoms with Gasteiger partial charge in [-0.3, -0.25) is 0 Å². The highest BCUT2D eigenvalue weighted by Gasteiger charge is 2.27. The Morgan fingerprint density at radius 1 is 1.15 bits per heavy atom. The fourth-order valence-corrected chi connectivity index (χ4v) is 0.693. The van der Waals surface area contributed by atoms with E-state index in [4.69, 9.17) is 0 Å². The van der Waals surface area contributed by atoms with Gasteiger partial charge in [-0.05, 0) is 0 Å². The third-order valence-electron chi connectivity index (χ3n) is 1.18. The molecule has 0 aromatic heterocycles. The molecule has 1 rings (SSSR count). The maximum atomic E-state index is 11.6. The number of benzene rings is 1. The van der Waals surface area contributed by atoms with Gasteiger partial charge in [0.05, 0.1) is 0 Å². The summed E-state index contributed by atoms with van der Waals surface area (Å²) in [5.74, 6) is 0. The van der Waals surface area contributed by atoms with Gasteiger partial charge < -0.3 is 0 Å². The molecule has 0 amide bonds. The van der Waals surface area contributed by atoms with Crippen LogP contribution in [-0.2, 0) is 0 Å². The summed E-state index contributed by atoms with van der Waals surface area (Å²) in [6.07, 6.45) is -2.22. The molecule has 0 atom stereocenters. The quantitative estimate of drug-likeness (QED) is 0.359. The number of halogens is 3. The van der Waals surface area contributed by atoms with Gasteiger partial charge in [0.1, 0.15) is 0 Å². The van der Waals surface area contributed by atoms with Gasteiger partial charge >= 0.3 is 6.18 Å². The Morgan fingerprint density at radius 3 is 2.31 bits per heavy atom. The van der Waals surface area contributed by atoms with Crippen molar-refractivity contribution in [3.8, 4) is 0 Å². The lowest BCUT2D eigenvalue weighted by Crippen LogP contribution is -2.10. The van der Waals surface area contributed by atoms with Crippen LogP contribution >= 0.6 is 0 Å². The van der Waals surface area contributed by atoms with Crippen LogP contribution in [0, 0.1) is 0 Å². The van der Waals surface area contributed by atoms with Gasteiger partial charge in [0.15, 0.2) is 0 Å². The highest BCUT2D eigenvalue weighted by atomic mass is 19.4. The zero-order valence-corrected chi connectivity index (χ0v) is 6.55. The van der Waals surface area contributed by atoms with Gasteiger partial charge in [-0.15, -0.1) is 24.3 Å². The fourth-order valence-electron chi connectivity index (χ4n) is 0.693. The first-order chi connectivity index (χ1) is 6.08. The van der Waals surface area contributed by atoms with Crippen LogP contribution in [0.4, 0.5) is 13.2 Å². The molecule has 0 saturated heterocycles. The van der Waals surface area contributed by atoms with Crippen molar-refractivity contribution in [3.63, 3.8) is 0 Å². The summed E-state index contributed by atoms with van der Waals surface area (Å²) in [5.41, 5.74) is 0.517.